The smallest absolute Gasteiger partial charge is 0.220 e. The first-order valence-corrected chi connectivity index (χ1v) is 13.2. The fourth-order valence-corrected chi connectivity index (χ4v) is 8.79. The molecule has 3 saturated carbocycles. The molecule has 4 fully saturated rings. The summed E-state index contributed by atoms with van der Waals surface area (Å²) in [7, 11) is 0. The van der Waals surface area contributed by atoms with Crippen LogP contribution in [0.1, 0.15) is 105 Å². The molecule has 176 valence electrons. The third-order valence-electron chi connectivity index (χ3n) is 10.6. The van der Waals surface area contributed by atoms with Crippen molar-refractivity contribution in [2.24, 2.45) is 51.5 Å². The van der Waals surface area contributed by atoms with E-state index in [9.17, 15) is 10.0 Å². The molecular weight excluding hydrogens is 384 g/mol. The first kappa shape index (κ1) is 23.1. The van der Waals surface area contributed by atoms with E-state index in [0.29, 0.717) is 29.6 Å². The number of carbonyl (C=O) groups excluding carboxylic acids is 1. The van der Waals surface area contributed by atoms with E-state index in [-0.39, 0.29) is 17.4 Å². The van der Waals surface area contributed by atoms with Crippen molar-refractivity contribution in [3.05, 3.63) is 0 Å². The second-order valence-electron chi connectivity index (χ2n) is 12.6. The number of oxime groups is 1. The topological polar surface area (TPSA) is 61.7 Å². The van der Waals surface area contributed by atoms with Crippen LogP contribution in [0, 0.1) is 46.3 Å². The van der Waals surface area contributed by atoms with Gasteiger partial charge in [0.2, 0.25) is 5.91 Å². The van der Waals surface area contributed by atoms with E-state index in [1.54, 1.807) is 0 Å². The molecule has 0 radical (unpaired) electrons. The Morgan fingerprint density at radius 3 is 2.48 bits per heavy atom. The fourth-order valence-electron chi connectivity index (χ4n) is 8.79. The zero-order valence-corrected chi connectivity index (χ0v) is 20.6. The van der Waals surface area contributed by atoms with Gasteiger partial charge in [-0.05, 0) is 84.9 Å². The molecule has 0 spiro atoms. The predicted octanol–water partition coefficient (Wildman–Crippen LogP) is 6.42. The number of rotatable bonds is 5. The van der Waals surface area contributed by atoms with Crippen LogP contribution in [-0.4, -0.2) is 22.9 Å². The highest BCUT2D eigenvalue weighted by atomic mass is 16.4. The molecule has 0 bridgehead atoms. The molecule has 0 aromatic carbocycles. The summed E-state index contributed by atoms with van der Waals surface area (Å²) in [5.41, 5.74) is 1.40. The predicted molar refractivity (Wildman–Crippen MR) is 126 cm³/mol. The highest BCUT2D eigenvalue weighted by Gasteiger charge is 2.60. The Morgan fingerprint density at radius 1 is 1.03 bits per heavy atom. The summed E-state index contributed by atoms with van der Waals surface area (Å²) in [6, 6.07) is 0.131. The van der Waals surface area contributed by atoms with Gasteiger partial charge in [-0.3, -0.25) is 4.79 Å². The van der Waals surface area contributed by atoms with Gasteiger partial charge in [-0.1, -0.05) is 59.0 Å². The molecule has 31 heavy (non-hydrogen) atoms. The second kappa shape index (κ2) is 8.71. The summed E-state index contributed by atoms with van der Waals surface area (Å²) in [5, 5.41) is 16.2. The number of hydrogen-bond donors (Lipinski definition) is 2. The van der Waals surface area contributed by atoms with Crippen LogP contribution >= 0.6 is 0 Å². The van der Waals surface area contributed by atoms with Gasteiger partial charge in [0.15, 0.2) is 0 Å². The lowest BCUT2D eigenvalue weighted by atomic mass is 9.49. The number of hydrogen-bond acceptors (Lipinski definition) is 3. The van der Waals surface area contributed by atoms with Gasteiger partial charge in [0, 0.05) is 18.9 Å². The maximum absolute atomic E-state index is 13.0. The molecule has 1 amide bonds. The fraction of sp³-hybridized carbons (Fsp3) is 0.926. The highest BCUT2D eigenvalue weighted by Crippen LogP contribution is 2.65. The Balaban J connectivity index is 1.54. The summed E-state index contributed by atoms with van der Waals surface area (Å²) < 4.78 is 0. The van der Waals surface area contributed by atoms with Crippen molar-refractivity contribution >= 4 is 11.6 Å². The number of carbonyl (C=O) groups is 1. The van der Waals surface area contributed by atoms with Crippen molar-refractivity contribution in [2.45, 2.75) is 111 Å². The van der Waals surface area contributed by atoms with Gasteiger partial charge in [0.1, 0.15) is 0 Å². The van der Waals surface area contributed by atoms with E-state index < -0.39 is 0 Å². The van der Waals surface area contributed by atoms with Crippen LogP contribution in [0.2, 0.25) is 0 Å². The van der Waals surface area contributed by atoms with E-state index in [2.05, 4.69) is 45.1 Å². The summed E-state index contributed by atoms with van der Waals surface area (Å²) in [6.45, 7) is 12.2. The molecule has 8 atom stereocenters. The zero-order valence-electron chi connectivity index (χ0n) is 20.6. The number of nitrogens with one attached hydrogen (secondary N) is 1. The minimum absolute atomic E-state index is 0.131. The molecule has 1 saturated heterocycles. The molecule has 1 aliphatic heterocycles. The van der Waals surface area contributed by atoms with E-state index in [1.807, 2.05) is 0 Å². The van der Waals surface area contributed by atoms with Crippen molar-refractivity contribution in [3.8, 4) is 0 Å². The molecule has 4 aliphatic rings. The SMILES string of the molecule is CC(C)CCCC(C)C1CCC2C3CC(=O)NC4C/C(=N/O)CCC4(C)C3CCC12C. The molecule has 4 rings (SSSR count). The van der Waals surface area contributed by atoms with Crippen LogP contribution in [-0.2, 0) is 4.79 Å². The van der Waals surface area contributed by atoms with Gasteiger partial charge in [-0.2, -0.15) is 0 Å². The van der Waals surface area contributed by atoms with Crippen LogP contribution in [0.3, 0.4) is 0 Å². The van der Waals surface area contributed by atoms with Crippen LogP contribution < -0.4 is 5.32 Å². The molecular formula is C27H46N2O2. The Hall–Kier alpha value is -1.06. The van der Waals surface area contributed by atoms with Gasteiger partial charge >= 0.3 is 0 Å². The second-order valence-corrected chi connectivity index (χ2v) is 12.6. The lowest BCUT2D eigenvalue weighted by molar-refractivity contribution is -0.123. The Bertz CT molecular complexity index is 703. The van der Waals surface area contributed by atoms with E-state index in [4.69, 9.17) is 0 Å². The van der Waals surface area contributed by atoms with Gasteiger partial charge in [-0.25, -0.2) is 0 Å². The lowest BCUT2D eigenvalue weighted by Crippen LogP contribution is -2.54. The van der Waals surface area contributed by atoms with Gasteiger partial charge in [-0.15, -0.1) is 0 Å². The molecule has 4 nitrogen and oxygen atoms in total. The molecule has 0 aromatic heterocycles. The van der Waals surface area contributed by atoms with Gasteiger partial charge in [0.05, 0.1) is 5.71 Å². The minimum atomic E-state index is 0.131. The average Bonchev–Trinajstić information content (AvgIpc) is 3.01. The van der Waals surface area contributed by atoms with E-state index in [1.165, 1.54) is 44.9 Å². The lowest BCUT2D eigenvalue weighted by Gasteiger charge is -2.55. The van der Waals surface area contributed by atoms with Gasteiger partial charge < -0.3 is 10.5 Å². The van der Waals surface area contributed by atoms with E-state index >= 15 is 0 Å². The summed E-state index contributed by atoms with van der Waals surface area (Å²) in [6.07, 6.45) is 12.7. The highest BCUT2D eigenvalue weighted by molar-refractivity contribution is 5.87. The molecule has 0 aromatic rings. The van der Waals surface area contributed by atoms with Crippen LogP contribution in [0.15, 0.2) is 5.16 Å². The first-order valence-electron chi connectivity index (χ1n) is 13.2. The first-order chi connectivity index (χ1) is 14.7. The molecule has 2 N–H and O–H groups in total. The quantitative estimate of drug-likeness (QED) is 0.391. The summed E-state index contributed by atoms with van der Waals surface area (Å²) >= 11 is 0. The normalized spacial score (nSPS) is 44.9. The monoisotopic (exact) mass is 430 g/mol. The van der Waals surface area contributed by atoms with Crippen molar-refractivity contribution in [1.82, 2.24) is 5.32 Å². The van der Waals surface area contributed by atoms with Crippen molar-refractivity contribution in [3.63, 3.8) is 0 Å². The van der Waals surface area contributed by atoms with Crippen molar-refractivity contribution in [2.75, 3.05) is 0 Å². The summed E-state index contributed by atoms with van der Waals surface area (Å²) in [5.74, 6) is 4.49. The largest absolute Gasteiger partial charge is 0.411 e. The molecule has 8 unspecified atom stereocenters. The average molecular weight is 431 g/mol. The van der Waals surface area contributed by atoms with Crippen LogP contribution in [0.4, 0.5) is 0 Å². The molecule has 3 aliphatic carbocycles. The third kappa shape index (κ3) is 4.06. The third-order valence-corrected chi connectivity index (χ3v) is 10.6. The standard InChI is InChI=1S/C27H46N2O2/c1-17(2)7-6-8-18(3)21-9-10-22-20-16-25(30)28-24-15-19(29-31)11-13-27(24,5)23(20)12-14-26(21,22)4/h17-18,20-24,31H,6-16H2,1-5H3,(H,28,30)/b29-19+. The van der Waals surface area contributed by atoms with Crippen LogP contribution in [0.25, 0.3) is 0 Å². The molecule has 1 heterocycles. The van der Waals surface area contributed by atoms with E-state index in [0.717, 1.165) is 42.7 Å². The number of nitrogens with zero attached hydrogens (tertiary/aromatic N) is 1. The Labute approximate surface area is 190 Å². The van der Waals surface area contributed by atoms with Crippen molar-refractivity contribution in [1.29, 1.82) is 0 Å². The zero-order chi connectivity index (χ0) is 22.4. The minimum Gasteiger partial charge on any atom is -0.411 e. The number of amides is 1. The van der Waals surface area contributed by atoms with Crippen LogP contribution in [0.5, 0.6) is 0 Å². The maximum Gasteiger partial charge on any atom is 0.220 e. The van der Waals surface area contributed by atoms with Gasteiger partial charge in [0.25, 0.3) is 0 Å². The summed E-state index contributed by atoms with van der Waals surface area (Å²) in [4.78, 5) is 13.0. The maximum atomic E-state index is 13.0. The molecule has 4 heteroatoms. The Morgan fingerprint density at radius 2 is 1.77 bits per heavy atom. The van der Waals surface area contributed by atoms with Crippen molar-refractivity contribution < 1.29 is 10.0 Å². The number of fused-ring (bicyclic) bond motifs is 5. The Kier molecular flexibility index (Phi) is 6.49.